The predicted octanol–water partition coefficient (Wildman–Crippen LogP) is 4.03. The van der Waals surface area contributed by atoms with Gasteiger partial charge in [-0.15, -0.1) is 0 Å². The van der Waals surface area contributed by atoms with Crippen LogP contribution in [0.4, 0.5) is 0 Å². The van der Waals surface area contributed by atoms with Crippen molar-refractivity contribution < 1.29 is 14.3 Å². The summed E-state index contributed by atoms with van der Waals surface area (Å²) >= 11 is 0. The van der Waals surface area contributed by atoms with Crippen LogP contribution in [0.2, 0.25) is 0 Å². The first-order chi connectivity index (χ1) is 19.7. The zero-order chi connectivity index (χ0) is 29.3. The van der Waals surface area contributed by atoms with Crippen LogP contribution >= 0.6 is 0 Å². The number of hydrogen-bond acceptors (Lipinski definition) is 5. The fraction of sp³-hybridized carbons (Fsp3) is 0.531. The van der Waals surface area contributed by atoms with Crippen molar-refractivity contribution in [3.8, 4) is 5.75 Å². The number of hydrogen-bond donors (Lipinski definition) is 2. The van der Waals surface area contributed by atoms with Gasteiger partial charge in [-0.25, -0.2) is 0 Å². The highest BCUT2D eigenvalue weighted by molar-refractivity contribution is 6.08. The molecule has 2 aliphatic rings. The minimum absolute atomic E-state index is 0.0654. The topological polar surface area (TPSA) is 99.7 Å². The third-order valence-electron chi connectivity index (χ3n) is 9.27. The molecule has 1 atom stereocenters. The van der Waals surface area contributed by atoms with E-state index in [1.807, 2.05) is 25.1 Å². The van der Waals surface area contributed by atoms with Gasteiger partial charge in [0.2, 0.25) is 5.91 Å². The Hall–Kier alpha value is -3.59. The van der Waals surface area contributed by atoms with Gasteiger partial charge in [0.05, 0.1) is 24.8 Å². The highest BCUT2D eigenvalue weighted by atomic mass is 16.5. The van der Waals surface area contributed by atoms with Crippen LogP contribution in [0, 0.1) is 25.7 Å². The Balaban J connectivity index is 1.32. The standard InChI is InChI=1S/C32H43N5O4/c1-20-18-28(41-5)26(30(38)34-20)19-33-31(39)29-22(3)37(27-9-7-6-8-25(27)29)21(2)23-12-16-36(17-13-23)32(40)24-10-14-35(4)15-11-24/h6-9,18,21,23-24H,10-17,19H2,1-5H3,(H,33,39)(H,34,38)/t21-/m1/s1. The molecule has 2 N–H and O–H groups in total. The molecule has 0 bridgehead atoms. The fourth-order valence-corrected chi connectivity index (χ4v) is 6.82. The van der Waals surface area contributed by atoms with Crippen molar-refractivity contribution in [2.45, 2.75) is 59.0 Å². The van der Waals surface area contributed by atoms with Gasteiger partial charge in [-0.1, -0.05) is 18.2 Å². The molecule has 0 radical (unpaired) electrons. The van der Waals surface area contributed by atoms with Gasteiger partial charge >= 0.3 is 0 Å². The molecule has 0 aliphatic carbocycles. The van der Waals surface area contributed by atoms with E-state index in [0.717, 1.165) is 68.5 Å². The molecule has 2 fully saturated rings. The molecule has 5 rings (SSSR count). The molecule has 9 heteroatoms. The number of nitrogens with zero attached hydrogens (tertiary/aromatic N) is 3. The molecule has 2 amide bonds. The van der Waals surface area contributed by atoms with Crippen LogP contribution in [0.3, 0.4) is 0 Å². The number of aryl methyl sites for hydroxylation is 1. The maximum atomic E-state index is 13.6. The third-order valence-corrected chi connectivity index (χ3v) is 9.27. The number of likely N-dealkylation sites (tertiary alicyclic amines) is 2. The van der Waals surface area contributed by atoms with E-state index in [2.05, 4.69) is 44.7 Å². The van der Waals surface area contributed by atoms with Crippen LogP contribution in [0.25, 0.3) is 10.9 Å². The van der Waals surface area contributed by atoms with Gasteiger partial charge in [0.25, 0.3) is 11.5 Å². The molecule has 3 aromatic rings. The van der Waals surface area contributed by atoms with Crippen molar-refractivity contribution in [3.63, 3.8) is 0 Å². The van der Waals surface area contributed by atoms with Gasteiger partial charge in [0.15, 0.2) is 0 Å². The molecule has 0 spiro atoms. The van der Waals surface area contributed by atoms with Crippen molar-refractivity contribution in [1.82, 2.24) is 24.7 Å². The van der Waals surface area contributed by atoms with E-state index < -0.39 is 0 Å². The van der Waals surface area contributed by atoms with Crippen LogP contribution in [0.15, 0.2) is 35.1 Å². The molecule has 2 aliphatic heterocycles. The Labute approximate surface area is 241 Å². The van der Waals surface area contributed by atoms with Crippen molar-refractivity contribution >= 4 is 22.7 Å². The summed E-state index contributed by atoms with van der Waals surface area (Å²) in [6.45, 7) is 9.67. The number of carbonyl (C=O) groups is 2. The van der Waals surface area contributed by atoms with Crippen molar-refractivity contribution in [3.05, 3.63) is 63.2 Å². The van der Waals surface area contributed by atoms with E-state index in [9.17, 15) is 14.4 Å². The summed E-state index contributed by atoms with van der Waals surface area (Å²) in [4.78, 5) is 46.5. The summed E-state index contributed by atoms with van der Waals surface area (Å²) in [5.41, 5.74) is 3.39. The fourth-order valence-electron chi connectivity index (χ4n) is 6.82. The zero-order valence-electron chi connectivity index (χ0n) is 25.0. The molecule has 220 valence electrons. The average molecular weight is 562 g/mol. The lowest BCUT2D eigenvalue weighted by molar-refractivity contribution is -0.138. The number of methoxy groups -OCH3 is 1. The predicted molar refractivity (Wildman–Crippen MR) is 160 cm³/mol. The second-order valence-electron chi connectivity index (χ2n) is 11.8. The van der Waals surface area contributed by atoms with Crippen LogP contribution < -0.4 is 15.6 Å². The molecule has 9 nitrogen and oxygen atoms in total. The number of para-hydroxylation sites is 1. The molecule has 2 saturated heterocycles. The Morgan fingerprint density at radius 1 is 1.07 bits per heavy atom. The number of nitrogens with one attached hydrogen (secondary N) is 2. The molecule has 1 aromatic carbocycles. The number of rotatable bonds is 7. The SMILES string of the molecule is COc1cc(C)[nH]c(=O)c1CNC(=O)c1c(C)n([C@H](C)C2CCN(C(=O)C3CCN(C)CC3)CC2)c2ccccc12. The second-order valence-corrected chi connectivity index (χ2v) is 11.8. The number of pyridine rings is 1. The minimum atomic E-state index is -0.268. The lowest BCUT2D eigenvalue weighted by Gasteiger charge is -2.38. The summed E-state index contributed by atoms with van der Waals surface area (Å²) in [6.07, 6.45) is 3.80. The molecule has 41 heavy (non-hydrogen) atoms. The van der Waals surface area contributed by atoms with E-state index in [0.29, 0.717) is 34.4 Å². The third kappa shape index (κ3) is 5.77. The molecular weight excluding hydrogens is 518 g/mol. The van der Waals surface area contributed by atoms with Crippen LogP contribution in [0.1, 0.15) is 66.0 Å². The maximum Gasteiger partial charge on any atom is 0.256 e. The molecular formula is C32H43N5O4. The molecule has 2 aromatic heterocycles. The zero-order valence-corrected chi connectivity index (χ0v) is 25.0. The van der Waals surface area contributed by atoms with Crippen LogP contribution in [-0.2, 0) is 11.3 Å². The number of fused-ring (bicyclic) bond motifs is 1. The lowest BCUT2D eigenvalue weighted by Crippen LogP contribution is -2.45. The summed E-state index contributed by atoms with van der Waals surface area (Å²) in [5.74, 6) is 1.13. The normalized spacial score (nSPS) is 18.0. The van der Waals surface area contributed by atoms with Crippen LogP contribution in [0.5, 0.6) is 5.75 Å². The number of carbonyl (C=O) groups excluding carboxylic acids is 2. The van der Waals surface area contributed by atoms with Crippen LogP contribution in [-0.4, -0.2) is 71.5 Å². The number of benzene rings is 1. The van der Waals surface area contributed by atoms with Gasteiger partial charge in [0, 0.05) is 47.3 Å². The molecule has 0 unspecified atom stereocenters. The Bertz CT molecular complexity index is 1480. The largest absolute Gasteiger partial charge is 0.496 e. The second kappa shape index (κ2) is 12.1. The quantitative estimate of drug-likeness (QED) is 0.454. The van der Waals surface area contributed by atoms with Gasteiger partial charge in [-0.3, -0.25) is 14.4 Å². The Morgan fingerprint density at radius 3 is 2.44 bits per heavy atom. The van der Waals surface area contributed by atoms with E-state index in [1.54, 1.807) is 13.0 Å². The van der Waals surface area contributed by atoms with E-state index in [-0.39, 0.29) is 30.0 Å². The summed E-state index contributed by atoms with van der Waals surface area (Å²) in [7, 11) is 3.64. The van der Waals surface area contributed by atoms with E-state index in [1.165, 1.54) is 7.11 Å². The number of H-pyrrole nitrogens is 1. The molecule has 0 saturated carbocycles. The molecule has 4 heterocycles. The van der Waals surface area contributed by atoms with Crippen molar-refractivity contribution in [2.24, 2.45) is 11.8 Å². The Kier molecular flexibility index (Phi) is 8.54. The first-order valence-electron chi connectivity index (χ1n) is 14.8. The highest BCUT2D eigenvalue weighted by Crippen LogP contribution is 2.36. The van der Waals surface area contributed by atoms with Crippen molar-refractivity contribution in [1.29, 1.82) is 0 Å². The first-order valence-corrected chi connectivity index (χ1v) is 14.8. The average Bonchev–Trinajstić information content (AvgIpc) is 3.27. The number of aromatic nitrogens is 2. The van der Waals surface area contributed by atoms with Gasteiger partial charge in [-0.2, -0.15) is 0 Å². The first kappa shape index (κ1) is 28.9. The number of piperidine rings is 2. The van der Waals surface area contributed by atoms with E-state index >= 15 is 0 Å². The van der Waals surface area contributed by atoms with E-state index in [4.69, 9.17) is 4.74 Å². The number of aromatic amines is 1. The monoisotopic (exact) mass is 561 g/mol. The smallest absolute Gasteiger partial charge is 0.256 e. The number of ether oxygens (including phenoxy) is 1. The Morgan fingerprint density at radius 2 is 1.76 bits per heavy atom. The minimum Gasteiger partial charge on any atom is -0.496 e. The van der Waals surface area contributed by atoms with Gasteiger partial charge < -0.3 is 29.4 Å². The highest BCUT2D eigenvalue weighted by Gasteiger charge is 2.33. The lowest BCUT2D eigenvalue weighted by atomic mass is 9.88. The number of amides is 2. The van der Waals surface area contributed by atoms with Crippen molar-refractivity contribution in [2.75, 3.05) is 40.3 Å². The maximum absolute atomic E-state index is 13.6. The summed E-state index contributed by atoms with van der Waals surface area (Å²) in [5, 5.41) is 3.86. The van der Waals surface area contributed by atoms with Gasteiger partial charge in [0.1, 0.15) is 5.75 Å². The summed E-state index contributed by atoms with van der Waals surface area (Å²) < 4.78 is 7.70. The summed E-state index contributed by atoms with van der Waals surface area (Å²) in [6, 6.07) is 9.95. The van der Waals surface area contributed by atoms with Gasteiger partial charge in [-0.05, 0) is 84.6 Å².